The summed E-state index contributed by atoms with van der Waals surface area (Å²) in [6.07, 6.45) is 0. The first-order valence-corrected chi connectivity index (χ1v) is 3.96. The maximum atomic E-state index is 5.41. The molecule has 0 saturated heterocycles. The lowest BCUT2D eigenvalue weighted by molar-refractivity contribution is 0.642. The largest absolute Gasteiger partial charge is 0.452 e. The lowest BCUT2D eigenvalue weighted by Gasteiger charge is -1.87. The van der Waals surface area contributed by atoms with Gasteiger partial charge in [-0.15, -0.1) is 0 Å². The quantitative estimate of drug-likeness (QED) is 0.588. The molecule has 0 amide bonds. The molecular formula is C9H9BNO. The summed E-state index contributed by atoms with van der Waals surface area (Å²) in [6.45, 7) is 3.96. The van der Waals surface area contributed by atoms with Crippen molar-refractivity contribution in [2.45, 2.75) is 13.7 Å². The van der Waals surface area contributed by atoms with E-state index in [1.807, 2.05) is 39.2 Å². The molecule has 3 heteroatoms. The molecule has 0 fully saturated rings. The van der Waals surface area contributed by atoms with E-state index in [2.05, 4.69) is 4.98 Å². The van der Waals surface area contributed by atoms with Gasteiger partial charge in [0.1, 0.15) is 11.3 Å². The van der Waals surface area contributed by atoms with Crippen LogP contribution in [0, 0.1) is 6.92 Å². The van der Waals surface area contributed by atoms with Gasteiger partial charge in [-0.2, -0.15) is 0 Å². The Balaban J connectivity index is 2.67. The first-order chi connectivity index (χ1) is 5.79. The number of fused-ring (bicyclic) bond motifs is 1. The maximum absolute atomic E-state index is 5.41. The molecular weight excluding hydrogens is 149 g/mol. The molecule has 1 aromatic carbocycles. The molecule has 0 N–H and O–H groups in total. The maximum Gasteiger partial charge on any atom is 0.226 e. The Labute approximate surface area is 71.8 Å². The number of oxazole rings is 1. The molecule has 0 aliphatic rings. The lowest BCUT2D eigenvalue weighted by atomic mass is 9.83. The van der Waals surface area contributed by atoms with E-state index in [0.29, 0.717) is 5.79 Å². The summed E-state index contributed by atoms with van der Waals surface area (Å²) >= 11 is 0. The fourth-order valence-corrected chi connectivity index (χ4v) is 1.18. The van der Waals surface area contributed by atoms with Crippen LogP contribution >= 0.6 is 0 Å². The van der Waals surface area contributed by atoms with Gasteiger partial charge in [0.2, 0.25) is 7.28 Å². The van der Waals surface area contributed by atoms with Crippen molar-refractivity contribution in [3.05, 3.63) is 23.8 Å². The summed E-state index contributed by atoms with van der Waals surface area (Å²) in [5, 5.41) is 0. The molecule has 0 spiro atoms. The minimum Gasteiger partial charge on any atom is -0.452 e. The van der Waals surface area contributed by atoms with E-state index < -0.39 is 0 Å². The van der Waals surface area contributed by atoms with E-state index in [1.165, 1.54) is 5.56 Å². The fourth-order valence-electron chi connectivity index (χ4n) is 1.18. The van der Waals surface area contributed by atoms with E-state index in [-0.39, 0.29) is 0 Å². The predicted octanol–water partition coefficient (Wildman–Crippen LogP) is 1.51. The molecule has 0 aliphatic carbocycles. The van der Waals surface area contributed by atoms with Crippen LogP contribution in [0.3, 0.4) is 0 Å². The van der Waals surface area contributed by atoms with E-state index in [4.69, 9.17) is 4.42 Å². The van der Waals surface area contributed by atoms with Crippen molar-refractivity contribution >= 4 is 24.2 Å². The van der Waals surface area contributed by atoms with Crippen LogP contribution in [0.15, 0.2) is 22.6 Å². The van der Waals surface area contributed by atoms with Crippen molar-refractivity contribution in [1.82, 2.24) is 4.98 Å². The van der Waals surface area contributed by atoms with Crippen LogP contribution in [0.2, 0.25) is 6.82 Å². The van der Waals surface area contributed by atoms with Crippen LogP contribution in [0.5, 0.6) is 0 Å². The summed E-state index contributed by atoms with van der Waals surface area (Å²) in [5.41, 5.74) is 3.00. The van der Waals surface area contributed by atoms with E-state index >= 15 is 0 Å². The van der Waals surface area contributed by atoms with Crippen LogP contribution in [-0.2, 0) is 0 Å². The zero-order valence-corrected chi connectivity index (χ0v) is 7.16. The number of aryl methyl sites for hydroxylation is 1. The van der Waals surface area contributed by atoms with Crippen LogP contribution in [0.1, 0.15) is 5.56 Å². The average Bonchev–Trinajstić information content (AvgIpc) is 2.46. The second-order valence-corrected chi connectivity index (χ2v) is 2.81. The zero-order chi connectivity index (χ0) is 8.55. The Morgan fingerprint density at radius 2 is 2.25 bits per heavy atom. The first-order valence-electron chi connectivity index (χ1n) is 3.96. The molecule has 1 radical (unpaired) electrons. The van der Waals surface area contributed by atoms with Crippen molar-refractivity contribution in [3.63, 3.8) is 0 Å². The zero-order valence-electron chi connectivity index (χ0n) is 7.16. The summed E-state index contributed by atoms with van der Waals surface area (Å²) in [5.74, 6) is 0.690. The SMILES string of the molecule is C[B]c1nc2cc(C)ccc2o1. The molecule has 2 nitrogen and oxygen atoms in total. The van der Waals surface area contributed by atoms with Gasteiger partial charge in [0.25, 0.3) is 0 Å². The van der Waals surface area contributed by atoms with E-state index in [1.54, 1.807) is 0 Å². The average molecular weight is 158 g/mol. The second-order valence-electron chi connectivity index (χ2n) is 2.81. The third-order valence-electron chi connectivity index (χ3n) is 1.81. The second kappa shape index (κ2) is 2.66. The Morgan fingerprint density at radius 1 is 1.42 bits per heavy atom. The smallest absolute Gasteiger partial charge is 0.226 e. The summed E-state index contributed by atoms with van der Waals surface area (Å²) in [7, 11) is 1.86. The third-order valence-corrected chi connectivity index (χ3v) is 1.81. The summed E-state index contributed by atoms with van der Waals surface area (Å²) in [4.78, 5) is 4.27. The summed E-state index contributed by atoms with van der Waals surface area (Å²) < 4.78 is 5.41. The number of hydrogen-bond donors (Lipinski definition) is 0. The van der Waals surface area contributed by atoms with Gasteiger partial charge < -0.3 is 4.42 Å². The van der Waals surface area contributed by atoms with Gasteiger partial charge in [0.05, 0.1) is 0 Å². The van der Waals surface area contributed by atoms with Crippen molar-refractivity contribution in [2.24, 2.45) is 0 Å². The molecule has 2 rings (SSSR count). The van der Waals surface area contributed by atoms with E-state index in [0.717, 1.165) is 11.1 Å². The highest BCUT2D eigenvalue weighted by Gasteiger charge is 2.02. The molecule has 1 heterocycles. The van der Waals surface area contributed by atoms with Gasteiger partial charge in [0, 0.05) is 0 Å². The fraction of sp³-hybridized carbons (Fsp3) is 0.222. The highest BCUT2D eigenvalue weighted by atomic mass is 16.3. The standard InChI is InChI=1S/C9H9BNO/c1-6-3-4-8-7(5-6)11-9(10-2)12-8/h3-5H,1-2H3. The molecule has 0 aliphatic heterocycles. The van der Waals surface area contributed by atoms with Gasteiger partial charge in [0.15, 0.2) is 5.58 Å². The van der Waals surface area contributed by atoms with Gasteiger partial charge in [-0.05, 0) is 24.6 Å². The highest BCUT2D eigenvalue weighted by Crippen LogP contribution is 2.11. The molecule has 1 aromatic heterocycles. The van der Waals surface area contributed by atoms with Crippen molar-refractivity contribution in [2.75, 3.05) is 0 Å². The van der Waals surface area contributed by atoms with Gasteiger partial charge in [-0.1, -0.05) is 12.9 Å². The Morgan fingerprint density at radius 3 is 3.00 bits per heavy atom. The number of aromatic nitrogens is 1. The van der Waals surface area contributed by atoms with Crippen LogP contribution < -0.4 is 5.79 Å². The number of benzene rings is 1. The van der Waals surface area contributed by atoms with Crippen molar-refractivity contribution < 1.29 is 4.42 Å². The van der Waals surface area contributed by atoms with Crippen LogP contribution in [-0.4, -0.2) is 12.3 Å². The predicted molar refractivity (Wildman–Crippen MR) is 50.0 cm³/mol. The number of rotatable bonds is 1. The van der Waals surface area contributed by atoms with Crippen molar-refractivity contribution in [3.8, 4) is 0 Å². The van der Waals surface area contributed by atoms with Crippen LogP contribution in [0.25, 0.3) is 11.1 Å². The third kappa shape index (κ3) is 1.11. The van der Waals surface area contributed by atoms with Gasteiger partial charge in [-0.3, -0.25) is 0 Å². The molecule has 0 bridgehead atoms. The summed E-state index contributed by atoms with van der Waals surface area (Å²) in [6, 6.07) is 5.99. The molecule has 59 valence electrons. The Bertz CT molecular complexity index is 408. The topological polar surface area (TPSA) is 26.0 Å². The monoisotopic (exact) mass is 158 g/mol. The minimum atomic E-state index is 0.690. The normalized spacial score (nSPS) is 10.5. The number of nitrogens with zero attached hydrogens (tertiary/aromatic N) is 1. The van der Waals surface area contributed by atoms with Gasteiger partial charge >= 0.3 is 0 Å². The Hall–Kier alpha value is -1.25. The van der Waals surface area contributed by atoms with Crippen LogP contribution in [0.4, 0.5) is 0 Å². The lowest BCUT2D eigenvalue weighted by Crippen LogP contribution is -2.09. The van der Waals surface area contributed by atoms with Crippen molar-refractivity contribution in [1.29, 1.82) is 0 Å². The molecule has 2 aromatic rings. The Kier molecular flexibility index (Phi) is 1.64. The highest BCUT2D eigenvalue weighted by molar-refractivity contribution is 6.49. The molecule has 0 unspecified atom stereocenters. The molecule has 0 saturated carbocycles. The first kappa shape index (κ1) is 7.41. The minimum absolute atomic E-state index is 0.690. The van der Waals surface area contributed by atoms with Gasteiger partial charge in [-0.25, -0.2) is 4.98 Å². The molecule has 12 heavy (non-hydrogen) atoms. The number of hydrogen-bond acceptors (Lipinski definition) is 2. The van der Waals surface area contributed by atoms with E-state index in [9.17, 15) is 0 Å². The molecule has 0 atom stereocenters.